The third-order valence-corrected chi connectivity index (χ3v) is 4.13. The first kappa shape index (κ1) is 14.4. The molecule has 0 aliphatic carbocycles. The Bertz CT molecular complexity index is 742. The highest BCUT2D eigenvalue weighted by atomic mass is 32.1. The normalized spacial score (nSPS) is 11.9. The number of hydrogen-bond acceptors (Lipinski definition) is 3. The molecule has 2 aromatic heterocycles. The van der Waals surface area contributed by atoms with Crippen molar-refractivity contribution in [3.8, 4) is 0 Å². The number of aromatic nitrogens is 1. The molecule has 1 atom stereocenters. The van der Waals surface area contributed by atoms with Gasteiger partial charge < -0.3 is 5.32 Å². The minimum atomic E-state index is -0.349. The number of halogens is 1. The maximum absolute atomic E-state index is 13.1. The SMILES string of the molecule is O=C(NC(c1ccncc1)c1ccc(F)cc1)c1cccs1. The van der Waals surface area contributed by atoms with Crippen LogP contribution in [0.3, 0.4) is 0 Å². The highest BCUT2D eigenvalue weighted by Crippen LogP contribution is 2.23. The standard InChI is InChI=1S/C17H13FN2OS/c18-14-5-3-12(4-6-14)16(13-7-9-19-10-8-13)20-17(21)15-2-1-11-22-15/h1-11,16H,(H,20,21). The van der Waals surface area contributed by atoms with E-state index in [1.54, 1.807) is 30.6 Å². The van der Waals surface area contributed by atoms with Crippen LogP contribution in [0.4, 0.5) is 4.39 Å². The number of nitrogens with one attached hydrogen (secondary N) is 1. The highest BCUT2D eigenvalue weighted by molar-refractivity contribution is 7.12. The van der Waals surface area contributed by atoms with Gasteiger partial charge in [-0.1, -0.05) is 18.2 Å². The van der Waals surface area contributed by atoms with Crippen molar-refractivity contribution in [3.63, 3.8) is 0 Å². The Labute approximate surface area is 131 Å². The van der Waals surface area contributed by atoms with Crippen LogP contribution in [0.15, 0.2) is 66.3 Å². The zero-order chi connectivity index (χ0) is 15.4. The first-order valence-electron chi connectivity index (χ1n) is 6.74. The van der Waals surface area contributed by atoms with E-state index in [0.29, 0.717) is 4.88 Å². The zero-order valence-electron chi connectivity index (χ0n) is 11.6. The van der Waals surface area contributed by atoms with E-state index < -0.39 is 0 Å². The van der Waals surface area contributed by atoms with Gasteiger partial charge in [0.1, 0.15) is 5.82 Å². The van der Waals surface area contributed by atoms with Crippen molar-refractivity contribution in [3.05, 3.63) is 88.1 Å². The average Bonchev–Trinajstić information content (AvgIpc) is 3.09. The fourth-order valence-electron chi connectivity index (χ4n) is 2.18. The van der Waals surface area contributed by atoms with Crippen molar-refractivity contribution < 1.29 is 9.18 Å². The summed E-state index contributed by atoms with van der Waals surface area (Å²) in [5, 5.41) is 4.85. The number of carbonyl (C=O) groups is 1. The van der Waals surface area contributed by atoms with E-state index >= 15 is 0 Å². The highest BCUT2D eigenvalue weighted by Gasteiger charge is 2.18. The molecule has 0 bridgehead atoms. The second-order valence-corrected chi connectivity index (χ2v) is 5.66. The molecule has 5 heteroatoms. The molecule has 3 aromatic rings. The molecule has 3 rings (SSSR count). The Morgan fingerprint density at radius 3 is 2.36 bits per heavy atom. The van der Waals surface area contributed by atoms with Crippen molar-refractivity contribution in [2.75, 3.05) is 0 Å². The third kappa shape index (κ3) is 3.20. The van der Waals surface area contributed by atoms with Gasteiger partial charge in [-0.05, 0) is 46.8 Å². The molecule has 0 aliphatic heterocycles. The molecule has 2 heterocycles. The van der Waals surface area contributed by atoms with Gasteiger partial charge in [-0.25, -0.2) is 4.39 Å². The van der Waals surface area contributed by atoms with Crippen molar-refractivity contribution in [2.24, 2.45) is 0 Å². The molecule has 1 amide bonds. The summed E-state index contributed by atoms with van der Waals surface area (Å²) >= 11 is 1.38. The average molecular weight is 312 g/mol. The van der Waals surface area contributed by atoms with E-state index in [1.165, 1.54) is 23.5 Å². The maximum Gasteiger partial charge on any atom is 0.262 e. The Balaban J connectivity index is 1.93. The molecular formula is C17H13FN2OS. The summed E-state index contributed by atoms with van der Waals surface area (Å²) in [5.74, 6) is -0.456. The molecule has 0 saturated heterocycles. The van der Waals surface area contributed by atoms with Crippen LogP contribution < -0.4 is 5.32 Å². The van der Waals surface area contributed by atoms with E-state index in [-0.39, 0.29) is 17.8 Å². The van der Waals surface area contributed by atoms with Crippen LogP contribution in [0, 0.1) is 5.82 Å². The van der Waals surface area contributed by atoms with Crippen LogP contribution in [-0.2, 0) is 0 Å². The summed E-state index contributed by atoms with van der Waals surface area (Å²) < 4.78 is 13.1. The van der Waals surface area contributed by atoms with E-state index in [0.717, 1.165) is 11.1 Å². The molecule has 110 valence electrons. The summed E-state index contributed by atoms with van der Waals surface area (Å²) in [6.07, 6.45) is 3.34. The van der Waals surface area contributed by atoms with Crippen LogP contribution >= 0.6 is 11.3 Å². The minimum absolute atomic E-state index is 0.152. The Morgan fingerprint density at radius 1 is 1.05 bits per heavy atom. The van der Waals surface area contributed by atoms with Gasteiger partial charge in [0.25, 0.3) is 5.91 Å². The van der Waals surface area contributed by atoms with Crippen LogP contribution in [0.2, 0.25) is 0 Å². The number of carbonyl (C=O) groups excluding carboxylic acids is 1. The predicted octanol–water partition coefficient (Wildman–Crippen LogP) is 3.80. The number of hydrogen-bond donors (Lipinski definition) is 1. The van der Waals surface area contributed by atoms with Crippen LogP contribution in [0.5, 0.6) is 0 Å². The van der Waals surface area contributed by atoms with Gasteiger partial charge in [-0.2, -0.15) is 0 Å². The van der Waals surface area contributed by atoms with E-state index in [4.69, 9.17) is 0 Å². The molecule has 0 saturated carbocycles. The number of amides is 1. The van der Waals surface area contributed by atoms with Crippen LogP contribution in [0.1, 0.15) is 26.8 Å². The number of rotatable bonds is 4. The molecule has 0 fully saturated rings. The quantitative estimate of drug-likeness (QED) is 0.796. The maximum atomic E-state index is 13.1. The van der Waals surface area contributed by atoms with E-state index in [1.807, 2.05) is 23.6 Å². The summed E-state index contributed by atoms with van der Waals surface area (Å²) in [4.78, 5) is 17.0. The summed E-state index contributed by atoms with van der Waals surface area (Å²) in [5.41, 5.74) is 1.71. The number of benzene rings is 1. The molecule has 22 heavy (non-hydrogen) atoms. The Hall–Kier alpha value is -2.53. The number of thiophene rings is 1. The largest absolute Gasteiger partial charge is 0.340 e. The number of pyridine rings is 1. The van der Waals surface area contributed by atoms with Gasteiger partial charge in [0.2, 0.25) is 0 Å². The molecule has 0 spiro atoms. The Morgan fingerprint density at radius 2 is 1.73 bits per heavy atom. The van der Waals surface area contributed by atoms with Crippen molar-refractivity contribution in [1.82, 2.24) is 10.3 Å². The zero-order valence-corrected chi connectivity index (χ0v) is 12.4. The molecule has 1 N–H and O–H groups in total. The van der Waals surface area contributed by atoms with Gasteiger partial charge >= 0.3 is 0 Å². The van der Waals surface area contributed by atoms with E-state index in [2.05, 4.69) is 10.3 Å². The van der Waals surface area contributed by atoms with Crippen molar-refractivity contribution in [2.45, 2.75) is 6.04 Å². The fraction of sp³-hybridized carbons (Fsp3) is 0.0588. The topological polar surface area (TPSA) is 42.0 Å². The molecule has 3 nitrogen and oxygen atoms in total. The fourth-order valence-corrected chi connectivity index (χ4v) is 2.81. The second-order valence-electron chi connectivity index (χ2n) is 4.72. The lowest BCUT2D eigenvalue weighted by molar-refractivity contribution is 0.0947. The minimum Gasteiger partial charge on any atom is -0.340 e. The first-order chi connectivity index (χ1) is 10.7. The second kappa shape index (κ2) is 6.49. The van der Waals surface area contributed by atoms with Crippen molar-refractivity contribution >= 4 is 17.2 Å². The van der Waals surface area contributed by atoms with Crippen molar-refractivity contribution in [1.29, 1.82) is 0 Å². The van der Waals surface area contributed by atoms with Gasteiger partial charge in [0, 0.05) is 12.4 Å². The van der Waals surface area contributed by atoms with Gasteiger partial charge in [0.15, 0.2) is 0 Å². The number of nitrogens with zero attached hydrogens (tertiary/aromatic N) is 1. The molecule has 0 radical (unpaired) electrons. The summed E-state index contributed by atoms with van der Waals surface area (Å²) in [7, 11) is 0. The lowest BCUT2D eigenvalue weighted by atomic mass is 9.99. The lowest BCUT2D eigenvalue weighted by Crippen LogP contribution is -2.28. The van der Waals surface area contributed by atoms with Gasteiger partial charge in [-0.3, -0.25) is 9.78 Å². The molecule has 1 unspecified atom stereocenters. The third-order valence-electron chi connectivity index (χ3n) is 3.26. The lowest BCUT2D eigenvalue weighted by Gasteiger charge is -2.19. The molecular weight excluding hydrogens is 299 g/mol. The predicted molar refractivity (Wildman–Crippen MR) is 84.3 cm³/mol. The molecule has 0 aliphatic rings. The monoisotopic (exact) mass is 312 g/mol. The first-order valence-corrected chi connectivity index (χ1v) is 7.62. The molecule has 1 aromatic carbocycles. The van der Waals surface area contributed by atoms with Crippen LogP contribution in [-0.4, -0.2) is 10.9 Å². The van der Waals surface area contributed by atoms with Gasteiger partial charge in [0.05, 0.1) is 10.9 Å². The Kier molecular flexibility index (Phi) is 4.25. The van der Waals surface area contributed by atoms with Gasteiger partial charge in [-0.15, -0.1) is 11.3 Å². The van der Waals surface area contributed by atoms with E-state index in [9.17, 15) is 9.18 Å². The smallest absolute Gasteiger partial charge is 0.262 e. The summed E-state index contributed by atoms with van der Waals surface area (Å²) in [6.45, 7) is 0. The van der Waals surface area contributed by atoms with Crippen LogP contribution in [0.25, 0.3) is 0 Å². The summed E-state index contributed by atoms with van der Waals surface area (Å²) in [6, 6.07) is 13.1.